The molecule has 0 atom stereocenters. The minimum atomic E-state index is -0.259. The third-order valence-electron chi connectivity index (χ3n) is 2.42. The van der Waals surface area contributed by atoms with Crippen molar-refractivity contribution in [3.05, 3.63) is 48.0 Å². The van der Waals surface area contributed by atoms with Crippen molar-refractivity contribution in [3.63, 3.8) is 0 Å². The third-order valence-corrected chi connectivity index (χ3v) is 2.42. The largest absolute Gasteiger partial charge is 0.463 e. The Morgan fingerprint density at radius 2 is 2.05 bits per heavy atom. The molecular weight excluding hydrogens is 256 g/mol. The lowest BCUT2D eigenvalue weighted by molar-refractivity contribution is 0.0954. The molecule has 0 aliphatic heterocycles. The highest BCUT2D eigenvalue weighted by Crippen LogP contribution is 2.02. The molecule has 0 aliphatic carbocycles. The van der Waals surface area contributed by atoms with E-state index in [1.807, 2.05) is 19.1 Å². The number of amides is 1. The molecule has 1 amide bonds. The first kappa shape index (κ1) is 15.9. The average Bonchev–Trinajstić information content (AvgIpc) is 2.45. The minimum absolute atomic E-state index is 0.174. The quantitative estimate of drug-likeness (QED) is 0.374. The van der Waals surface area contributed by atoms with E-state index in [0.29, 0.717) is 25.3 Å². The Hall–Kier alpha value is -2.14. The van der Waals surface area contributed by atoms with Crippen molar-refractivity contribution in [2.75, 3.05) is 26.9 Å². The summed E-state index contributed by atoms with van der Waals surface area (Å²) in [6.45, 7) is 6.66. The zero-order valence-corrected chi connectivity index (χ0v) is 11.9. The topological polar surface area (TPSA) is 59.9 Å². The van der Waals surface area contributed by atoms with Gasteiger partial charge in [-0.15, -0.1) is 6.58 Å². The second kappa shape index (κ2) is 8.87. The number of nitrogens with one attached hydrogen (secondary N) is 1. The van der Waals surface area contributed by atoms with Crippen LogP contribution in [0.25, 0.3) is 0 Å². The summed E-state index contributed by atoms with van der Waals surface area (Å²) < 4.78 is 10.2. The monoisotopic (exact) mass is 276 g/mol. The van der Waals surface area contributed by atoms with Crippen molar-refractivity contribution in [3.8, 4) is 0 Å². The van der Waals surface area contributed by atoms with Crippen LogP contribution in [0.15, 0.2) is 41.9 Å². The first-order valence-corrected chi connectivity index (χ1v) is 6.32. The van der Waals surface area contributed by atoms with Crippen molar-refractivity contribution >= 4 is 11.9 Å². The number of methoxy groups -OCH3 is 1. The lowest BCUT2D eigenvalue weighted by Gasteiger charge is -2.10. The van der Waals surface area contributed by atoms with Crippen LogP contribution in [0.5, 0.6) is 0 Å². The van der Waals surface area contributed by atoms with E-state index in [4.69, 9.17) is 9.47 Å². The maximum absolute atomic E-state index is 12.0. The van der Waals surface area contributed by atoms with Crippen molar-refractivity contribution in [1.82, 2.24) is 5.32 Å². The molecule has 0 heterocycles. The van der Waals surface area contributed by atoms with Crippen LogP contribution in [0.3, 0.4) is 0 Å². The summed E-state index contributed by atoms with van der Waals surface area (Å²) >= 11 is 0. The molecule has 1 aromatic carbocycles. The molecule has 1 aromatic rings. The standard InChI is InChI=1S/C15H20N2O3/c1-4-9-16-15(20-11-10-19-3)17-14(18)13-7-5-12(2)6-8-13/h4-8H,1,9-11H2,2-3H3,(H,16,17,18). The van der Waals surface area contributed by atoms with Crippen LogP contribution in [0.4, 0.5) is 0 Å². The number of hydrogen-bond donors (Lipinski definition) is 1. The molecule has 0 aliphatic rings. The van der Waals surface area contributed by atoms with Gasteiger partial charge in [0, 0.05) is 12.7 Å². The van der Waals surface area contributed by atoms with Crippen LogP contribution in [-0.2, 0) is 9.47 Å². The van der Waals surface area contributed by atoms with E-state index in [1.54, 1.807) is 25.3 Å². The van der Waals surface area contributed by atoms with Gasteiger partial charge in [-0.05, 0) is 19.1 Å². The zero-order chi connectivity index (χ0) is 14.8. The van der Waals surface area contributed by atoms with E-state index < -0.39 is 0 Å². The Bertz CT molecular complexity index is 467. The number of carbonyl (C=O) groups is 1. The summed E-state index contributed by atoms with van der Waals surface area (Å²) in [4.78, 5) is 16.1. The van der Waals surface area contributed by atoms with Gasteiger partial charge in [0.25, 0.3) is 11.9 Å². The van der Waals surface area contributed by atoms with Gasteiger partial charge in [0.15, 0.2) is 0 Å². The van der Waals surface area contributed by atoms with Gasteiger partial charge in [0.05, 0.1) is 13.2 Å². The normalized spacial score (nSPS) is 11.0. The maximum atomic E-state index is 12.0. The molecule has 5 heteroatoms. The highest BCUT2D eigenvalue weighted by atomic mass is 16.5. The van der Waals surface area contributed by atoms with Gasteiger partial charge < -0.3 is 9.47 Å². The average molecular weight is 276 g/mol. The number of aryl methyl sites for hydroxylation is 1. The Kier molecular flexibility index (Phi) is 7.06. The van der Waals surface area contributed by atoms with E-state index in [1.165, 1.54) is 0 Å². The summed E-state index contributed by atoms with van der Waals surface area (Å²) in [5.74, 6) is -0.259. The van der Waals surface area contributed by atoms with Gasteiger partial charge in [-0.2, -0.15) is 0 Å². The zero-order valence-electron chi connectivity index (χ0n) is 11.9. The van der Waals surface area contributed by atoms with Crippen molar-refractivity contribution in [2.45, 2.75) is 6.92 Å². The number of aliphatic imine (C=N–C) groups is 1. The number of ether oxygens (including phenoxy) is 2. The Balaban J connectivity index is 2.65. The molecular formula is C15H20N2O3. The Labute approximate surface area is 119 Å². The predicted molar refractivity (Wildman–Crippen MR) is 79.0 cm³/mol. The van der Waals surface area contributed by atoms with Crippen LogP contribution in [0.1, 0.15) is 15.9 Å². The third kappa shape index (κ3) is 5.67. The summed E-state index contributed by atoms with van der Waals surface area (Å²) in [6, 6.07) is 7.44. The number of carbonyl (C=O) groups excluding carboxylic acids is 1. The first-order valence-electron chi connectivity index (χ1n) is 6.32. The summed E-state index contributed by atoms with van der Waals surface area (Å²) in [6.07, 6.45) is 1.62. The molecule has 1 N–H and O–H groups in total. The lowest BCUT2D eigenvalue weighted by Crippen LogP contribution is -2.33. The van der Waals surface area contributed by atoms with Gasteiger partial charge in [0.2, 0.25) is 0 Å². The van der Waals surface area contributed by atoms with E-state index in [-0.39, 0.29) is 11.9 Å². The van der Waals surface area contributed by atoms with Crippen LogP contribution in [-0.4, -0.2) is 38.8 Å². The molecule has 0 fully saturated rings. The first-order chi connectivity index (χ1) is 9.67. The van der Waals surface area contributed by atoms with Gasteiger partial charge in [-0.1, -0.05) is 23.8 Å². The minimum Gasteiger partial charge on any atom is -0.463 e. The molecule has 0 saturated heterocycles. The molecule has 0 saturated carbocycles. The van der Waals surface area contributed by atoms with Gasteiger partial charge in [0.1, 0.15) is 6.61 Å². The summed E-state index contributed by atoms with van der Waals surface area (Å²) in [7, 11) is 1.58. The number of benzene rings is 1. The second-order valence-corrected chi connectivity index (χ2v) is 4.10. The molecule has 0 radical (unpaired) electrons. The molecule has 108 valence electrons. The fourth-order valence-electron chi connectivity index (χ4n) is 1.36. The fraction of sp³-hybridized carbons (Fsp3) is 0.333. The van der Waals surface area contributed by atoms with E-state index in [9.17, 15) is 4.79 Å². The number of nitrogens with zero attached hydrogens (tertiary/aromatic N) is 1. The molecule has 1 rings (SSSR count). The van der Waals surface area contributed by atoms with Crippen molar-refractivity contribution in [1.29, 1.82) is 0 Å². The smallest absolute Gasteiger partial charge is 0.292 e. The molecule has 5 nitrogen and oxygen atoms in total. The predicted octanol–water partition coefficient (Wildman–Crippen LogP) is 1.93. The Morgan fingerprint density at radius 1 is 1.35 bits per heavy atom. The Morgan fingerprint density at radius 3 is 2.65 bits per heavy atom. The SMILES string of the molecule is C=CCN=C(NC(=O)c1ccc(C)cc1)OCCOC. The number of hydrogen-bond acceptors (Lipinski definition) is 4. The fourth-order valence-corrected chi connectivity index (χ4v) is 1.36. The summed E-state index contributed by atoms with van der Waals surface area (Å²) in [5, 5.41) is 2.63. The maximum Gasteiger partial charge on any atom is 0.292 e. The van der Waals surface area contributed by atoms with Crippen LogP contribution in [0.2, 0.25) is 0 Å². The highest BCUT2D eigenvalue weighted by Gasteiger charge is 2.09. The number of rotatable bonds is 6. The molecule has 0 unspecified atom stereocenters. The molecule has 0 bridgehead atoms. The second-order valence-electron chi connectivity index (χ2n) is 4.10. The lowest BCUT2D eigenvalue weighted by atomic mass is 10.1. The van der Waals surface area contributed by atoms with Crippen LogP contribution in [0, 0.1) is 6.92 Å². The van der Waals surface area contributed by atoms with Crippen molar-refractivity contribution in [2.24, 2.45) is 4.99 Å². The summed E-state index contributed by atoms with van der Waals surface area (Å²) in [5.41, 5.74) is 1.65. The molecule has 20 heavy (non-hydrogen) atoms. The highest BCUT2D eigenvalue weighted by molar-refractivity contribution is 6.04. The molecule has 0 spiro atoms. The van der Waals surface area contributed by atoms with E-state index >= 15 is 0 Å². The van der Waals surface area contributed by atoms with E-state index in [0.717, 1.165) is 5.56 Å². The van der Waals surface area contributed by atoms with Gasteiger partial charge in [-0.25, -0.2) is 4.99 Å². The van der Waals surface area contributed by atoms with Crippen molar-refractivity contribution < 1.29 is 14.3 Å². The van der Waals surface area contributed by atoms with Crippen LogP contribution < -0.4 is 5.32 Å². The van der Waals surface area contributed by atoms with Gasteiger partial charge >= 0.3 is 0 Å². The number of amidine groups is 1. The van der Waals surface area contributed by atoms with Gasteiger partial charge in [-0.3, -0.25) is 10.1 Å². The van der Waals surface area contributed by atoms with Crippen LogP contribution >= 0.6 is 0 Å². The van der Waals surface area contributed by atoms with E-state index in [2.05, 4.69) is 16.9 Å². The molecule has 0 aromatic heterocycles.